The molecule has 0 aliphatic rings. The molecule has 0 atom stereocenters. The van der Waals surface area contributed by atoms with E-state index < -0.39 is 11.9 Å². The van der Waals surface area contributed by atoms with Crippen molar-refractivity contribution in [2.24, 2.45) is 0 Å². The van der Waals surface area contributed by atoms with E-state index in [0.717, 1.165) is 0 Å². The number of benzene rings is 2. The van der Waals surface area contributed by atoms with Gasteiger partial charge in [0, 0.05) is 11.4 Å². The molecule has 21 heavy (non-hydrogen) atoms. The van der Waals surface area contributed by atoms with Gasteiger partial charge in [0.25, 0.3) is 0 Å². The summed E-state index contributed by atoms with van der Waals surface area (Å²) in [6.07, 6.45) is 0. The number of carbonyl (C=O) groups is 2. The van der Waals surface area contributed by atoms with Crippen LogP contribution in [0, 0.1) is 0 Å². The van der Waals surface area contributed by atoms with Crippen molar-refractivity contribution in [1.29, 1.82) is 0 Å². The van der Waals surface area contributed by atoms with Gasteiger partial charge >= 0.3 is 11.9 Å². The van der Waals surface area contributed by atoms with Crippen LogP contribution in [0.1, 0.15) is 20.7 Å². The van der Waals surface area contributed by atoms with Gasteiger partial charge in [0.15, 0.2) is 0 Å². The van der Waals surface area contributed by atoms with E-state index in [1.54, 1.807) is 36.4 Å². The summed E-state index contributed by atoms with van der Waals surface area (Å²) in [5, 5.41) is 17.0. The summed E-state index contributed by atoms with van der Waals surface area (Å²) in [4.78, 5) is 20.7. The third-order valence-electron chi connectivity index (χ3n) is 2.38. The van der Waals surface area contributed by atoms with Crippen molar-refractivity contribution in [2.45, 2.75) is 0 Å². The van der Waals surface area contributed by atoms with Crippen LogP contribution in [0.25, 0.3) is 0 Å². The topological polar surface area (TPSA) is 158 Å². The normalized spacial score (nSPS) is 8.76. The standard InChI is InChI=1S/2C7H7NO2.H2O/c2*8-6-4-2-1-3-5(6)7(9)10;/h2*1-4H,8H2,(H,9,10);1H2. The van der Waals surface area contributed by atoms with Crippen molar-refractivity contribution in [1.82, 2.24) is 0 Å². The van der Waals surface area contributed by atoms with Gasteiger partial charge in [-0.25, -0.2) is 9.59 Å². The second-order valence-electron chi connectivity index (χ2n) is 3.78. The first-order chi connectivity index (χ1) is 9.43. The Morgan fingerprint density at radius 1 is 0.714 bits per heavy atom. The molecule has 0 fully saturated rings. The average Bonchev–Trinajstić information content (AvgIpc) is 2.40. The zero-order chi connectivity index (χ0) is 15.1. The zero-order valence-electron chi connectivity index (χ0n) is 11.0. The number of rotatable bonds is 2. The van der Waals surface area contributed by atoms with Crippen LogP contribution in [0.5, 0.6) is 0 Å². The van der Waals surface area contributed by atoms with Crippen LogP contribution < -0.4 is 11.5 Å². The zero-order valence-corrected chi connectivity index (χ0v) is 11.0. The molecule has 0 saturated heterocycles. The number of nitrogens with two attached hydrogens (primary N) is 2. The molecular weight excluding hydrogens is 276 g/mol. The molecule has 0 radical (unpaired) electrons. The van der Waals surface area contributed by atoms with Gasteiger partial charge in [-0.05, 0) is 24.3 Å². The average molecular weight is 292 g/mol. The lowest BCUT2D eigenvalue weighted by molar-refractivity contribution is 0.0687. The second-order valence-corrected chi connectivity index (χ2v) is 3.78. The summed E-state index contributed by atoms with van der Waals surface area (Å²) in [7, 11) is 0. The fraction of sp³-hybridized carbons (Fsp3) is 0. The van der Waals surface area contributed by atoms with Crippen LogP contribution in [0.3, 0.4) is 0 Å². The molecule has 0 spiro atoms. The minimum Gasteiger partial charge on any atom is -0.478 e. The lowest BCUT2D eigenvalue weighted by Gasteiger charge is -1.96. The molecule has 2 rings (SSSR count). The number of anilines is 2. The van der Waals surface area contributed by atoms with Gasteiger partial charge in [-0.2, -0.15) is 0 Å². The molecule has 8 N–H and O–H groups in total. The van der Waals surface area contributed by atoms with Gasteiger partial charge < -0.3 is 27.2 Å². The van der Waals surface area contributed by atoms with Crippen molar-refractivity contribution in [3.63, 3.8) is 0 Å². The molecule has 0 aliphatic carbocycles. The first kappa shape index (κ1) is 17.9. The summed E-state index contributed by atoms with van der Waals surface area (Å²) < 4.78 is 0. The Balaban J connectivity index is 0.000000364. The van der Waals surface area contributed by atoms with E-state index in [2.05, 4.69) is 0 Å². The molecule has 112 valence electrons. The van der Waals surface area contributed by atoms with E-state index >= 15 is 0 Å². The molecular formula is C14H16N2O5. The summed E-state index contributed by atoms with van der Waals surface area (Å²) in [6, 6.07) is 12.7. The summed E-state index contributed by atoms with van der Waals surface area (Å²) in [6.45, 7) is 0. The molecule has 0 unspecified atom stereocenters. The smallest absolute Gasteiger partial charge is 0.337 e. The Labute approximate surface area is 120 Å². The Kier molecular flexibility index (Phi) is 6.99. The van der Waals surface area contributed by atoms with Crippen molar-refractivity contribution in [3.05, 3.63) is 59.7 Å². The quantitative estimate of drug-likeness (QED) is 0.607. The molecule has 0 amide bonds. The largest absolute Gasteiger partial charge is 0.478 e. The van der Waals surface area contributed by atoms with Crippen LogP contribution in [-0.4, -0.2) is 27.6 Å². The van der Waals surface area contributed by atoms with Gasteiger partial charge in [0.05, 0.1) is 11.1 Å². The predicted octanol–water partition coefficient (Wildman–Crippen LogP) is 1.11. The molecule has 2 aromatic carbocycles. The molecule has 0 bridgehead atoms. The van der Waals surface area contributed by atoms with Crippen molar-refractivity contribution >= 4 is 23.3 Å². The fourth-order valence-corrected chi connectivity index (χ4v) is 1.38. The number of hydrogen-bond donors (Lipinski definition) is 4. The first-order valence-electron chi connectivity index (χ1n) is 5.59. The highest BCUT2D eigenvalue weighted by Gasteiger charge is 2.04. The van der Waals surface area contributed by atoms with Gasteiger partial charge in [-0.15, -0.1) is 0 Å². The summed E-state index contributed by atoms with van der Waals surface area (Å²) in [5.41, 5.74) is 11.6. The molecule has 0 aromatic heterocycles. The van der Waals surface area contributed by atoms with E-state index in [4.69, 9.17) is 21.7 Å². The van der Waals surface area contributed by atoms with Crippen LogP contribution in [-0.2, 0) is 0 Å². The van der Waals surface area contributed by atoms with Gasteiger partial charge in [0.2, 0.25) is 0 Å². The number of hydrogen-bond acceptors (Lipinski definition) is 4. The van der Waals surface area contributed by atoms with E-state index in [-0.39, 0.29) is 16.6 Å². The maximum atomic E-state index is 10.3. The number of nitrogen functional groups attached to an aromatic ring is 2. The number of para-hydroxylation sites is 2. The highest BCUT2D eigenvalue weighted by atomic mass is 16.4. The molecule has 7 heteroatoms. The third-order valence-corrected chi connectivity index (χ3v) is 2.38. The fourth-order valence-electron chi connectivity index (χ4n) is 1.38. The highest BCUT2D eigenvalue weighted by molar-refractivity contribution is 5.93. The molecule has 7 nitrogen and oxygen atoms in total. The van der Waals surface area contributed by atoms with Crippen LogP contribution in [0.15, 0.2) is 48.5 Å². The van der Waals surface area contributed by atoms with Gasteiger partial charge in [-0.3, -0.25) is 0 Å². The number of carboxylic acid groups (broad SMARTS) is 2. The van der Waals surface area contributed by atoms with E-state index in [1.807, 2.05) is 0 Å². The van der Waals surface area contributed by atoms with E-state index in [9.17, 15) is 9.59 Å². The lowest BCUT2D eigenvalue weighted by Crippen LogP contribution is -2.00. The molecule has 0 heterocycles. The second kappa shape index (κ2) is 8.18. The predicted molar refractivity (Wildman–Crippen MR) is 79.2 cm³/mol. The van der Waals surface area contributed by atoms with Crippen LogP contribution >= 0.6 is 0 Å². The summed E-state index contributed by atoms with van der Waals surface area (Å²) >= 11 is 0. The van der Waals surface area contributed by atoms with Crippen molar-refractivity contribution in [2.75, 3.05) is 11.5 Å². The Morgan fingerprint density at radius 3 is 1.19 bits per heavy atom. The number of carboxylic acids is 2. The minimum atomic E-state index is -0.988. The Bertz CT molecular complexity index is 573. The summed E-state index contributed by atoms with van der Waals surface area (Å²) in [5.74, 6) is -1.98. The molecule has 2 aromatic rings. The highest BCUT2D eigenvalue weighted by Crippen LogP contribution is 2.09. The minimum absolute atomic E-state index is 0. The van der Waals surface area contributed by atoms with Crippen LogP contribution in [0.4, 0.5) is 11.4 Å². The van der Waals surface area contributed by atoms with Crippen molar-refractivity contribution in [3.8, 4) is 0 Å². The molecule has 0 aliphatic heterocycles. The first-order valence-corrected chi connectivity index (χ1v) is 5.59. The van der Waals surface area contributed by atoms with E-state index in [0.29, 0.717) is 11.4 Å². The number of aromatic carboxylic acids is 2. The van der Waals surface area contributed by atoms with E-state index in [1.165, 1.54) is 12.1 Å². The Hall–Kier alpha value is -3.06. The SMILES string of the molecule is Nc1ccccc1C(=O)O.Nc1ccccc1C(=O)O.O. The maximum Gasteiger partial charge on any atom is 0.337 e. The lowest BCUT2D eigenvalue weighted by atomic mass is 10.2. The van der Waals surface area contributed by atoms with Crippen LogP contribution in [0.2, 0.25) is 0 Å². The molecule has 0 saturated carbocycles. The van der Waals surface area contributed by atoms with Crippen molar-refractivity contribution < 1.29 is 25.3 Å². The monoisotopic (exact) mass is 292 g/mol. The van der Waals surface area contributed by atoms with Gasteiger partial charge in [0.1, 0.15) is 0 Å². The maximum absolute atomic E-state index is 10.3. The third kappa shape index (κ3) is 5.21. The van der Waals surface area contributed by atoms with Gasteiger partial charge in [-0.1, -0.05) is 24.3 Å². The Morgan fingerprint density at radius 2 is 1.00 bits per heavy atom.